The van der Waals surface area contributed by atoms with Crippen LogP contribution < -0.4 is 4.90 Å². The number of amides is 1. The number of anilines is 1. The van der Waals surface area contributed by atoms with Crippen molar-refractivity contribution in [2.24, 2.45) is 0 Å². The zero-order chi connectivity index (χ0) is 18.8. The van der Waals surface area contributed by atoms with Crippen LogP contribution in [-0.4, -0.2) is 32.4 Å². The van der Waals surface area contributed by atoms with Crippen LogP contribution in [0, 0.1) is 6.92 Å². The van der Waals surface area contributed by atoms with E-state index in [1.807, 2.05) is 50.4 Å². The Morgan fingerprint density at radius 1 is 1.11 bits per heavy atom. The highest BCUT2D eigenvalue weighted by molar-refractivity contribution is 6.08. The van der Waals surface area contributed by atoms with Gasteiger partial charge >= 0.3 is 0 Å². The minimum atomic E-state index is -0.243. The molecule has 7 nitrogen and oxygen atoms in total. The average molecular weight is 361 g/mol. The van der Waals surface area contributed by atoms with Gasteiger partial charge in [0.05, 0.1) is 12.2 Å². The SMILES string of the molecule is CCN(C(=O)c1ccc(Cn2cccn2)o1)c1nnc(C)c2ccccc12. The zero-order valence-electron chi connectivity index (χ0n) is 15.2. The van der Waals surface area contributed by atoms with Crippen molar-refractivity contribution in [2.75, 3.05) is 11.4 Å². The van der Waals surface area contributed by atoms with Crippen molar-refractivity contribution in [3.05, 3.63) is 72.1 Å². The molecule has 7 heteroatoms. The fraction of sp³-hybridized carbons (Fsp3) is 0.200. The van der Waals surface area contributed by atoms with E-state index in [9.17, 15) is 4.79 Å². The highest BCUT2D eigenvalue weighted by atomic mass is 16.4. The first-order valence-corrected chi connectivity index (χ1v) is 8.77. The number of aromatic nitrogens is 4. The second-order valence-corrected chi connectivity index (χ2v) is 6.17. The minimum absolute atomic E-state index is 0.243. The molecule has 3 heterocycles. The number of hydrogen-bond acceptors (Lipinski definition) is 5. The number of hydrogen-bond donors (Lipinski definition) is 0. The van der Waals surface area contributed by atoms with Gasteiger partial charge in [0.25, 0.3) is 5.91 Å². The van der Waals surface area contributed by atoms with E-state index in [1.165, 1.54) is 0 Å². The van der Waals surface area contributed by atoms with Gasteiger partial charge in [-0.3, -0.25) is 14.4 Å². The van der Waals surface area contributed by atoms with Gasteiger partial charge in [0, 0.05) is 29.7 Å². The van der Waals surface area contributed by atoms with Crippen LogP contribution >= 0.6 is 0 Å². The molecule has 0 radical (unpaired) electrons. The number of rotatable bonds is 5. The molecule has 0 aliphatic heterocycles. The molecule has 0 fully saturated rings. The molecule has 0 atom stereocenters. The Labute approximate surface area is 156 Å². The normalized spacial score (nSPS) is 11.0. The predicted octanol–water partition coefficient (Wildman–Crippen LogP) is 3.44. The number of carbonyl (C=O) groups is 1. The van der Waals surface area contributed by atoms with Gasteiger partial charge in [-0.15, -0.1) is 5.10 Å². The van der Waals surface area contributed by atoms with E-state index in [1.54, 1.807) is 27.9 Å². The predicted molar refractivity (Wildman–Crippen MR) is 102 cm³/mol. The average Bonchev–Trinajstić information content (AvgIpc) is 3.37. The first-order valence-electron chi connectivity index (χ1n) is 8.77. The number of benzene rings is 1. The smallest absolute Gasteiger partial charge is 0.295 e. The van der Waals surface area contributed by atoms with Crippen molar-refractivity contribution in [1.29, 1.82) is 0 Å². The molecule has 0 unspecified atom stereocenters. The summed E-state index contributed by atoms with van der Waals surface area (Å²) in [5, 5.41) is 14.5. The summed E-state index contributed by atoms with van der Waals surface area (Å²) in [6.45, 7) is 4.74. The van der Waals surface area contributed by atoms with Gasteiger partial charge in [-0.25, -0.2) is 0 Å². The van der Waals surface area contributed by atoms with E-state index >= 15 is 0 Å². The Morgan fingerprint density at radius 3 is 2.67 bits per heavy atom. The number of fused-ring (bicyclic) bond motifs is 1. The molecule has 0 spiro atoms. The van der Waals surface area contributed by atoms with Gasteiger partial charge in [0.1, 0.15) is 5.76 Å². The van der Waals surface area contributed by atoms with Crippen molar-refractivity contribution < 1.29 is 9.21 Å². The Morgan fingerprint density at radius 2 is 1.93 bits per heavy atom. The Balaban J connectivity index is 1.66. The Bertz CT molecular complexity index is 1080. The number of aryl methyl sites for hydroxylation is 1. The number of carbonyl (C=O) groups excluding carboxylic acids is 1. The van der Waals surface area contributed by atoms with E-state index in [0.717, 1.165) is 16.5 Å². The zero-order valence-corrected chi connectivity index (χ0v) is 15.2. The van der Waals surface area contributed by atoms with Gasteiger partial charge in [-0.1, -0.05) is 24.3 Å². The van der Waals surface area contributed by atoms with Crippen LogP contribution in [0.25, 0.3) is 10.8 Å². The lowest BCUT2D eigenvalue weighted by atomic mass is 10.1. The molecule has 0 saturated carbocycles. The summed E-state index contributed by atoms with van der Waals surface area (Å²) >= 11 is 0. The third-order valence-electron chi connectivity index (χ3n) is 4.42. The maximum atomic E-state index is 13.1. The topological polar surface area (TPSA) is 77.0 Å². The summed E-state index contributed by atoms with van der Waals surface area (Å²) in [5.41, 5.74) is 0.831. The Hall–Kier alpha value is -3.48. The van der Waals surface area contributed by atoms with Crippen LogP contribution in [0.1, 0.15) is 28.9 Å². The first kappa shape index (κ1) is 17.0. The minimum Gasteiger partial charge on any atom is -0.454 e. The van der Waals surface area contributed by atoms with Crippen LogP contribution in [0.4, 0.5) is 5.82 Å². The fourth-order valence-corrected chi connectivity index (χ4v) is 3.08. The van der Waals surface area contributed by atoms with Gasteiger partial charge < -0.3 is 4.42 Å². The third kappa shape index (κ3) is 3.19. The summed E-state index contributed by atoms with van der Waals surface area (Å²) in [6.07, 6.45) is 3.55. The number of furan rings is 1. The molecular formula is C20H19N5O2. The van der Waals surface area contributed by atoms with Gasteiger partial charge in [-0.05, 0) is 32.0 Å². The van der Waals surface area contributed by atoms with E-state index in [0.29, 0.717) is 24.7 Å². The molecule has 4 aromatic rings. The molecule has 4 rings (SSSR count). The van der Waals surface area contributed by atoms with Crippen molar-refractivity contribution in [3.8, 4) is 0 Å². The van der Waals surface area contributed by atoms with Crippen molar-refractivity contribution >= 4 is 22.5 Å². The molecule has 3 aromatic heterocycles. The van der Waals surface area contributed by atoms with Crippen LogP contribution in [0.5, 0.6) is 0 Å². The van der Waals surface area contributed by atoms with Crippen molar-refractivity contribution in [3.63, 3.8) is 0 Å². The van der Waals surface area contributed by atoms with Crippen LogP contribution in [0.3, 0.4) is 0 Å². The lowest BCUT2D eigenvalue weighted by molar-refractivity contribution is 0.0959. The maximum absolute atomic E-state index is 13.1. The van der Waals surface area contributed by atoms with Crippen LogP contribution in [-0.2, 0) is 6.54 Å². The molecule has 136 valence electrons. The summed E-state index contributed by atoms with van der Waals surface area (Å²) < 4.78 is 7.50. The number of nitrogens with zero attached hydrogens (tertiary/aromatic N) is 5. The van der Waals surface area contributed by atoms with Gasteiger partial charge in [0.15, 0.2) is 11.6 Å². The second-order valence-electron chi connectivity index (χ2n) is 6.17. The first-order chi connectivity index (χ1) is 13.2. The molecule has 0 aliphatic rings. The molecule has 0 N–H and O–H groups in total. The summed E-state index contributed by atoms with van der Waals surface area (Å²) in [4.78, 5) is 14.7. The molecule has 1 amide bonds. The molecule has 0 bridgehead atoms. The summed E-state index contributed by atoms with van der Waals surface area (Å²) in [7, 11) is 0. The summed E-state index contributed by atoms with van der Waals surface area (Å²) in [6, 6.07) is 13.1. The highest BCUT2D eigenvalue weighted by Gasteiger charge is 2.23. The summed E-state index contributed by atoms with van der Waals surface area (Å²) in [5.74, 6) is 1.23. The second kappa shape index (κ2) is 7.03. The van der Waals surface area contributed by atoms with E-state index in [4.69, 9.17) is 4.42 Å². The fourth-order valence-electron chi connectivity index (χ4n) is 3.08. The van der Waals surface area contributed by atoms with Crippen molar-refractivity contribution in [2.45, 2.75) is 20.4 Å². The van der Waals surface area contributed by atoms with Crippen LogP contribution in [0.2, 0.25) is 0 Å². The third-order valence-corrected chi connectivity index (χ3v) is 4.42. The Kier molecular flexibility index (Phi) is 4.42. The van der Waals surface area contributed by atoms with E-state index < -0.39 is 0 Å². The van der Waals surface area contributed by atoms with Gasteiger partial charge in [-0.2, -0.15) is 10.2 Å². The lowest BCUT2D eigenvalue weighted by Crippen LogP contribution is -2.31. The van der Waals surface area contributed by atoms with Crippen molar-refractivity contribution in [1.82, 2.24) is 20.0 Å². The molecule has 27 heavy (non-hydrogen) atoms. The quantitative estimate of drug-likeness (QED) is 0.544. The molecule has 0 aliphatic carbocycles. The van der Waals surface area contributed by atoms with E-state index in [2.05, 4.69) is 15.3 Å². The highest BCUT2D eigenvalue weighted by Crippen LogP contribution is 2.27. The maximum Gasteiger partial charge on any atom is 0.295 e. The molecular weight excluding hydrogens is 342 g/mol. The lowest BCUT2D eigenvalue weighted by Gasteiger charge is -2.20. The van der Waals surface area contributed by atoms with Gasteiger partial charge in [0.2, 0.25) is 0 Å². The standard InChI is InChI=1S/C20H19N5O2/c1-3-25(19-17-8-5-4-7-16(17)14(2)22-23-19)20(26)18-10-9-15(27-18)13-24-12-6-11-21-24/h4-12H,3,13H2,1-2H3. The molecule has 0 saturated heterocycles. The van der Waals surface area contributed by atoms with E-state index in [-0.39, 0.29) is 11.7 Å². The van der Waals surface area contributed by atoms with Crippen LogP contribution in [0.15, 0.2) is 59.3 Å². The largest absolute Gasteiger partial charge is 0.454 e. The molecule has 1 aromatic carbocycles. The monoisotopic (exact) mass is 361 g/mol.